The minimum Gasteiger partial charge on any atom is -0.378 e. The Morgan fingerprint density at radius 1 is 1.44 bits per heavy atom. The molecule has 1 aliphatic heterocycles. The fourth-order valence-electron chi connectivity index (χ4n) is 2.34. The summed E-state index contributed by atoms with van der Waals surface area (Å²) in [4.78, 5) is 0. The lowest BCUT2D eigenvalue weighted by atomic mass is 10.0. The first kappa shape index (κ1) is 14.1. The van der Waals surface area contributed by atoms with E-state index in [1.165, 1.54) is 0 Å². The molecule has 18 heavy (non-hydrogen) atoms. The monoisotopic (exact) mass is 287 g/mol. The molecule has 3 atom stereocenters. The zero-order valence-electron chi connectivity index (χ0n) is 10.7. The molecule has 0 saturated carbocycles. The van der Waals surface area contributed by atoms with Gasteiger partial charge in [0, 0.05) is 19.2 Å². The van der Waals surface area contributed by atoms with Crippen molar-refractivity contribution in [1.29, 1.82) is 0 Å². The van der Waals surface area contributed by atoms with Crippen LogP contribution in [0.2, 0.25) is 10.0 Å². The first-order valence-corrected chi connectivity index (χ1v) is 7.14. The summed E-state index contributed by atoms with van der Waals surface area (Å²) in [6, 6.07) is 5.96. The summed E-state index contributed by atoms with van der Waals surface area (Å²) in [6.45, 7) is 6.07. The van der Waals surface area contributed by atoms with Crippen molar-refractivity contribution in [3.8, 4) is 0 Å². The maximum absolute atomic E-state index is 6.22. The maximum Gasteiger partial charge on any atom is 0.0639 e. The zero-order chi connectivity index (χ0) is 13.1. The highest BCUT2D eigenvalue weighted by Crippen LogP contribution is 2.30. The lowest BCUT2D eigenvalue weighted by Crippen LogP contribution is -2.29. The molecule has 1 aromatic rings. The van der Waals surface area contributed by atoms with Crippen LogP contribution in [0, 0.1) is 5.92 Å². The molecule has 0 bridgehead atoms. The molecular formula is C14H19Cl2NO. The number of nitrogens with one attached hydrogen (secondary N) is 1. The van der Waals surface area contributed by atoms with Crippen molar-refractivity contribution in [3.63, 3.8) is 0 Å². The van der Waals surface area contributed by atoms with E-state index in [1.807, 2.05) is 18.2 Å². The molecule has 1 aliphatic rings. The average Bonchev–Trinajstić information content (AvgIpc) is 2.75. The molecule has 3 unspecified atom stereocenters. The highest BCUT2D eigenvalue weighted by Gasteiger charge is 2.24. The van der Waals surface area contributed by atoms with Gasteiger partial charge in [-0.15, -0.1) is 0 Å². The van der Waals surface area contributed by atoms with Crippen LogP contribution in [0.3, 0.4) is 0 Å². The summed E-state index contributed by atoms with van der Waals surface area (Å²) >= 11 is 12.2. The minimum atomic E-state index is 0.198. The van der Waals surface area contributed by atoms with Gasteiger partial charge >= 0.3 is 0 Å². The second kappa shape index (κ2) is 6.25. The summed E-state index contributed by atoms with van der Waals surface area (Å²) < 4.78 is 5.56. The van der Waals surface area contributed by atoms with Gasteiger partial charge < -0.3 is 10.1 Å². The molecule has 1 heterocycles. The number of hydrogen-bond acceptors (Lipinski definition) is 2. The molecule has 0 spiro atoms. The molecular weight excluding hydrogens is 269 g/mol. The lowest BCUT2D eigenvalue weighted by Gasteiger charge is -2.20. The lowest BCUT2D eigenvalue weighted by molar-refractivity contribution is 0.105. The molecule has 0 aliphatic carbocycles. The van der Waals surface area contributed by atoms with Crippen LogP contribution >= 0.6 is 23.2 Å². The molecule has 1 saturated heterocycles. The molecule has 0 radical (unpaired) electrons. The predicted octanol–water partition coefficient (Wildman–Crippen LogP) is 4.07. The molecule has 2 rings (SSSR count). The first-order valence-electron chi connectivity index (χ1n) is 6.38. The number of benzene rings is 1. The fourth-order valence-corrected chi connectivity index (χ4v) is 2.81. The third kappa shape index (κ3) is 3.18. The van der Waals surface area contributed by atoms with E-state index >= 15 is 0 Å². The first-order chi connectivity index (χ1) is 8.59. The maximum atomic E-state index is 6.22. The van der Waals surface area contributed by atoms with Gasteiger partial charge in [0.25, 0.3) is 0 Å². The van der Waals surface area contributed by atoms with Crippen LogP contribution in [0.4, 0.5) is 0 Å². The number of halogens is 2. The van der Waals surface area contributed by atoms with Gasteiger partial charge in [-0.2, -0.15) is 0 Å². The van der Waals surface area contributed by atoms with Gasteiger partial charge in [0.15, 0.2) is 0 Å². The van der Waals surface area contributed by atoms with Crippen LogP contribution in [0.1, 0.15) is 31.9 Å². The average molecular weight is 288 g/mol. The zero-order valence-corrected chi connectivity index (χ0v) is 12.3. The van der Waals surface area contributed by atoms with E-state index < -0.39 is 0 Å². The highest BCUT2D eigenvalue weighted by atomic mass is 35.5. The number of ether oxygens (including phenoxy) is 1. The van der Waals surface area contributed by atoms with Gasteiger partial charge in [-0.05, 0) is 37.8 Å². The van der Waals surface area contributed by atoms with Crippen LogP contribution in [-0.4, -0.2) is 19.3 Å². The van der Waals surface area contributed by atoms with E-state index in [1.54, 1.807) is 0 Å². The Kier molecular flexibility index (Phi) is 4.91. The molecule has 1 N–H and O–H groups in total. The Balaban J connectivity index is 1.95. The number of rotatable bonds is 4. The number of hydrogen-bond donors (Lipinski definition) is 1. The van der Waals surface area contributed by atoms with Crippen molar-refractivity contribution in [2.45, 2.75) is 32.4 Å². The molecule has 1 fully saturated rings. The van der Waals surface area contributed by atoms with E-state index in [0.717, 1.165) is 25.1 Å². The summed E-state index contributed by atoms with van der Waals surface area (Å²) in [7, 11) is 0. The third-order valence-electron chi connectivity index (χ3n) is 3.67. The van der Waals surface area contributed by atoms with Crippen LogP contribution in [0.5, 0.6) is 0 Å². The molecule has 4 heteroatoms. The van der Waals surface area contributed by atoms with Crippen molar-refractivity contribution < 1.29 is 4.74 Å². The molecule has 1 aromatic carbocycles. The normalized spacial score (nSPS) is 25.3. The summed E-state index contributed by atoms with van der Waals surface area (Å²) in [6.07, 6.45) is 1.48. The standard InChI is InChI=1S/C14H19Cl2NO/c1-9(12-4-3-5-13(15)14(12)16)17-8-11-6-7-18-10(11)2/h3-5,9-11,17H,6-8H2,1-2H3. The second-order valence-electron chi connectivity index (χ2n) is 4.90. The smallest absolute Gasteiger partial charge is 0.0639 e. The van der Waals surface area contributed by atoms with Crippen LogP contribution in [0.15, 0.2) is 18.2 Å². The van der Waals surface area contributed by atoms with Crippen LogP contribution in [0.25, 0.3) is 0 Å². The van der Waals surface area contributed by atoms with E-state index in [9.17, 15) is 0 Å². The van der Waals surface area contributed by atoms with Crippen molar-refractivity contribution in [1.82, 2.24) is 5.32 Å². The van der Waals surface area contributed by atoms with Crippen molar-refractivity contribution in [2.75, 3.05) is 13.2 Å². The Hall–Kier alpha value is -0.280. The predicted molar refractivity (Wildman–Crippen MR) is 76.4 cm³/mol. The van der Waals surface area contributed by atoms with E-state index in [0.29, 0.717) is 22.1 Å². The molecule has 0 aromatic heterocycles. The van der Waals surface area contributed by atoms with Gasteiger partial charge in [0.2, 0.25) is 0 Å². The van der Waals surface area contributed by atoms with Gasteiger partial charge in [-0.25, -0.2) is 0 Å². The van der Waals surface area contributed by atoms with Crippen molar-refractivity contribution in [3.05, 3.63) is 33.8 Å². The van der Waals surface area contributed by atoms with Gasteiger partial charge in [-0.1, -0.05) is 35.3 Å². The Morgan fingerprint density at radius 2 is 2.22 bits per heavy atom. The van der Waals surface area contributed by atoms with E-state index in [-0.39, 0.29) is 6.04 Å². The Labute approximate surface area is 119 Å². The summed E-state index contributed by atoms with van der Waals surface area (Å²) in [5.41, 5.74) is 1.05. The van der Waals surface area contributed by atoms with E-state index in [2.05, 4.69) is 19.2 Å². The van der Waals surface area contributed by atoms with Crippen molar-refractivity contribution >= 4 is 23.2 Å². The van der Waals surface area contributed by atoms with Crippen LogP contribution in [-0.2, 0) is 4.74 Å². The fraction of sp³-hybridized carbons (Fsp3) is 0.571. The SMILES string of the molecule is CC(NCC1CCOC1C)c1cccc(Cl)c1Cl. The minimum absolute atomic E-state index is 0.198. The van der Waals surface area contributed by atoms with Crippen molar-refractivity contribution in [2.24, 2.45) is 5.92 Å². The third-order valence-corrected chi connectivity index (χ3v) is 4.50. The van der Waals surface area contributed by atoms with Crippen LogP contribution < -0.4 is 5.32 Å². The highest BCUT2D eigenvalue weighted by molar-refractivity contribution is 6.42. The molecule has 100 valence electrons. The Bertz CT molecular complexity index is 411. The Morgan fingerprint density at radius 3 is 2.89 bits per heavy atom. The largest absolute Gasteiger partial charge is 0.378 e. The van der Waals surface area contributed by atoms with Gasteiger partial charge in [0.1, 0.15) is 0 Å². The van der Waals surface area contributed by atoms with Gasteiger partial charge in [0.05, 0.1) is 16.1 Å². The topological polar surface area (TPSA) is 21.3 Å². The summed E-state index contributed by atoms with van der Waals surface area (Å²) in [5, 5.41) is 4.78. The molecule has 2 nitrogen and oxygen atoms in total. The molecule has 0 amide bonds. The second-order valence-corrected chi connectivity index (χ2v) is 5.68. The van der Waals surface area contributed by atoms with E-state index in [4.69, 9.17) is 27.9 Å². The summed E-state index contributed by atoms with van der Waals surface area (Å²) in [5.74, 6) is 0.588. The quantitative estimate of drug-likeness (QED) is 0.901. The van der Waals surface area contributed by atoms with Gasteiger partial charge in [-0.3, -0.25) is 0 Å².